The van der Waals surface area contributed by atoms with Crippen LogP contribution in [0.5, 0.6) is 0 Å². The second-order valence-electron chi connectivity index (χ2n) is 10.1. The van der Waals surface area contributed by atoms with Gasteiger partial charge in [-0.1, -0.05) is 124 Å². The van der Waals surface area contributed by atoms with E-state index in [2.05, 4.69) is 111 Å². The summed E-state index contributed by atoms with van der Waals surface area (Å²) in [6, 6.07) is 36.1. The van der Waals surface area contributed by atoms with Gasteiger partial charge in [0.15, 0.2) is 0 Å². The lowest BCUT2D eigenvalue weighted by Crippen LogP contribution is -2.23. The Kier molecular flexibility index (Phi) is 4.40. The molecule has 0 bridgehead atoms. The normalized spacial score (nSPS) is 16.2. The summed E-state index contributed by atoms with van der Waals surface area (Å²) in [5, 5.41) is 0. The van der Waals surface area contributed by atoms with Crippen molar-refractivity contribution in [2.75, 3.05) is 0 Å². The van der Waals surface area contributed by atoms with Crippen molar-refractivity contribution in [1.82, 2.24) is 0 Å². The Balaban J connectivity index is 1.26. The lowest BCUT2D eigenvalue weighted by atomic mass is 9.73. The minimum Gasteiger partial charge on any atom is -0.0619 e. The van der Waals surface area contributed by atoms with Crippen molar-refractivity contribution in [3.8, 4) is 22.3 Å². The number of fused-ring (bicyclic) bond motifs is 6. The fourth-order valence-corrected chi connectivity index (χ4v) is 6.58. The number of rotatable bonds is 5. The minimum absolute atomic E-state index is 0.111. The fraction of sp³-hybridized carbons (Fsp3) is 0.250. The largest absolute Gasteiger partial charge is 0.0619 e. The molecule has 0 N–H and O–H groups in total. The van der Waals surface area contributed by atoms with E-state index in [0.29, 0.717) is 0 Å². The van der Waals surface area contributed by atoms with E-state index in [9.17, 15) is 0 Å². The summed E-state index contributed by atoms with van der Waals surface area (Å²) in [5.41, 5.74) is 11.9. The molecule has 4 aromatic carbocycles. The lowest BCUT2D eigenvalue weighted by molar-refractivity contribution is 0.444. The first kappa shape index (κ1) is 19.6. The Morgan fingerprint density at radius 1 is 0.406 bits per heavy atom. The van der Waals surface area contributed by atoms with Gasteiger partial charge >= 0.3 is 0 Å². The molecule has 0 aromatic heterocycles. The molecule has 0 fully saturated rings. The summed E-state index contributed by atoms with van der Waals surface area (Å²) in [6.07, 6.45) is 4.86. The van der Waals surface area contributed by atoms with Crippen molar-refractivity contribution < 1.29 is 0 Å². The maximum absolute atomic E-state index is 2.46. The predicted molar refractivity (Wildman–Crippen MR) is 135 cm³/mol. The maximum Gasteiger partial charge on any atom is 0.0187 e. The molecule has 0 saturated heterocycles. The van der Waals surface area contributed by atoms with E-state index in [4.69, 9.17) is 0 Å². The van der Waals surface area contributed by atoms with Gasteiger partial charge in [-0.05, 0) is 57.3 Å². The summed E-state index contributed by atoms with van der Waals surface area (Å²) in [4.78, 5) is 0. The first-order valence-corrected chi connectivity index (χ1v) is 12.0. The van der Waals surface area contributed by atoms with Crippen LogP contribution >= 0.6 is 0 Å². The van der Waals surface area contributed by atoms with Crippen LogP contribution in [-0.4, -0.2) is 0 Å². The van der Waals surface area contributed by atoms with E-state index in [1.807, 2.05) is 0 Å². The second kappa shape index (κ2) is 7.20. The number of hydrogen-bond acceptors (Lipinski definition) is 0. The Labute approximate surface area is 192 Å². The molecule has 0 heterocycles. The molecule has 32 heavy (non-hydrogen) atoms. The zero-order chi connectivity index (χ0) is 21.8. The van der Waals surface area contributed by atoms with Crippen LogP contribution in [0.1, 0.15) is 61.8 Å². The highest BCUT2D eigenvalue weighted by molar-refractivity contribution is 5.81. The highest BCUT2D eigenvalue weighted by atomic mass is 14.4. The number of unbranched alkanes of at least 4 members (excludes halogenated alkanes) is 1. The standard InChI is InChI=1S/C32H30/c1-31(27-17-7-3-13-23(27)24-14-4-8-18-28(24)31)21-11-12-22-32(2)29-19-9-5-15-25(29)26-16-6-10-20-30(26)32/h3-10,13-20H,11-12,21-22H2,1-2H3. The molecular formula is C32H30. The topological polar surface area (TPSA) is 0 Å². The van der Waals surface area contributed by atoms with E-state index in [0.717, 1.165) is 0 Å². The van der Waals surface area contributed by atoms with Gasteiger partial charge in [-0.2, -0.15) is 0 Å². The maximum atomic E-state index is 2.46. The summed E-state index contributed by atoms with van der Waals surface area (Å²) in [7, 11) is 0. The molecule has 6 rings (SSSR count). The van der Waals surface area contributed by atoms with Gasteiger partial charge in [0.1, 0.15) is 0 Å². The van der Waals surface area contributed by atoms with Crippen molar-refractivity contribution in [1.29, 1.82) is 0 Å². The van der Waals surface area contributed by atoms with Crippen LogP contribution in [0.4, 0.5) is 0 Å². The molecule has 0 aliphatic heterocycles. The number of hydrogen-bond donors (Lipinski definition) is 0. The van der Waals surface area contributed by atoms with Gasteiger partial charge in [0.05, 0.1) is 0 Å². The van der Waals surface area contributed by atoms with Gasteiger partial charge in [0.2, 0.25) is 0 Å². The molecule has 0 saturated carbocycles. The summed E-state index contributed by atoms with van der Waals surface area (Å²) < 4.78 is 0. The molecule has 0 heteroatoms. The van der Waals surface area contributed by atoms with E-state index >= 15 is 0 Å². The molecule has 0 radical (unpaired) electrons. The van der Waals surface area contributed by atoms with E-state index in [1.54, 1.807) is 0 Å². The van der Waals surface area contributed by atoms with E-state index in [1.165, 1.54) is 70.2 Å². The Bertz CT molecular complexity index is 1110. The number of benzene rings is 4. The van der Waals surface area contributed by atoms with Gasteiger partial charge in [-0.3, -0.25) is 0 Å². The van der Waals surface area contributed by atoms with Crippen LogP contribution in [0.3, 0.4) is 0 Å². The average molecular weight is 415 g/mol. The molecule has 0 atom stereocenters. The average Bonchev–Trinajstić information content (AvgIpc) is 3.25. The summed E-state index contributed by atoms with van der Waals surface area (Å²) >= 11 is 0. The first-order valence-electron chi connectivity index (χ1n) is 12.0. The van der Waals surface area contributed by atoms with Crippen molar-refractivity contribution in [2.24, 2.45) is 0 Å². The third-order valence-electron chi connectivity index (χ3n) is 8.27. The quantitative estimate of drug-likeness (QED) is 0.287. The van der Waals surface area contributed by atoms with Crippen LogP contribution < -0.4 is 0 Å². The van der Waals surface area contributed by atoms with Gasteiger partial charge in [-0.25, -0.2) is 0 Å². The highest BCUT2D eigenvalue weighted by Gasteiger charge is 2.40. The molecule has 0 spiro atoms. The fourth-order valence-electron chi connectivity index (χ4n) is 6.58. The monoisotopic (exact) mass is 414 g/mol. The van der Waals surface area contributed by atoms with Gasteiger partial charge in [-0.15, -0.1) is 0 Å². The smallest absolute Gasteiger partial charge is 0.0187 e. The third-order valence-corrected chi connectivity index (χ3v) is 8.27. The van der Waals surface area contributed by atoms with Crippen molar-refractivity contribution in [3.63, 3.8) is 0 Å². The highest BCUT2D eigenvalue weighted by Crippen LogP contribution is 2.53. The SMILES string of the molecule is CC1(CCCCC2(C)c3ccccc3-c3ccccc32)c2ccccc2-c2ccccc21. The Morgan fingerprint density at radius 2 is 0.656 bits per heavy atom. The first-order chi connectivity index (χ1) is 15.6. The molecule has 4 aromatic rings. The van der Waals surface area contributed by atoms with Crippen molar-refractivity contribution >= 4 is 0 Å². The molecule has 158 valence electrons. The van der Waals surface area contributed by atoms with Gasteiger partial charge in [0, 0.05) is 10.8 Å². The van der Waals surface area contributed by atoms with E-state index < -0.39 is 0 Å². The van der Waals surface area contributed by atoms with Gasteiger partial charge in [0.25, 0.3) is 0 Å². The molecular weight excluding hydrogens is 384 g/mol. The van der Waals surface area contributed by atoms with Crippen LogP contribution in [0.2, 0.25) is 0 Å². The molecule has 0 unspecified atom stereocenters. The Morgan fingerprint density at radius 3 is 0.938 bits per heavy atom. The van der Waals surface area contributed by atoms with Crippen LogP contribution in [0.15, 0.2) is 97.1 Å². The summed E-state index contributed by atoms with van der Waals surface area (Å²) in [6.45, 7) is 4.92. The zero-order valence-corrected chi connectivity index (χ0v) is 19.1. The second-order valence-corrected chi connectivity index (χ2v) is 10.1. The Hall–Kier alpha value is -3.12. The summed E-state index contributed by atoms with van der Waals surface area (Å²) in [5.74, 6) is 0. The van der Waals surface area contributed by atoms with Crippen LogP contribution in [0, 0.1) is 0 Å². The lowest BCUT2D eigenvalue weighted by Gasteiger charge is -2.30. The molecule has 2 aliphatic rings. The molecule has 0 nitrogen and oxygen atoms in total. The van der Waals surface area contributed by atoms with Gasteiger partial charge < -0.3 is 0 Å². The molecule has 0 amide bonds. The predicted octanol–water partition coefficient (Wildman–Crippen LogP) is 8.52. The van der Waals surface area contributed by atoms with Crippen LogP contribution in [-0.2, 0) is 10.8 Å². The zero-order valence-electron chi connectivity index (χ0n) is 19.1. The van der Waals surface area contributed by atoms with Crippen molar-refractivity contribution in [3.05, 3.63) is 119 Å². The van der Waals surface area contributed by atoms with Crippen LogP contribution in [0.25, 0.3) is 22.3 Å². The van der Waals surface area contributed by atoms with Crippen molar-refractivity contribution in [2.45, 2.75) is 50.4 Å². The van der Waals surface area contributed by atoms with E-state index in [-0.39, 0.29) is 10.8 Å². The minimum atomic E-state index is 0.111. The molecule has 2 aliphatic carbocycles. The third kappa shape index (κ3) is 2.69.